The van der Waals surface area contributed by atoms with Crippen LogP contribution in [-0.2, 0) is 11.3 Å². The summed E-state index contributed by atoms with van der Waals surface area (Å²) >= 11 is 0. The summed E-state index contributed by atoms with van der Waals surface area (Å²) in [6.45, 7) is 2.17. The maximum atomic E-state index is 12.7. The summed E-state index contributed by atoms with van der Waals surface area (Å²) in [5, 5.41) is 2.89. The maximum absolute atomic E-state index is 12.7. The van der Waals surface area contributed by atoms with Crippen molar-refractivity contribution >= 4 is 11.9 Å². The molecule has 1 heterocycles. The molecule has 1 aliphatic carbocycles. The third-order valence-electron chi connectivity index (χ3n) is 5.10. The van der Waals surface area contributed by atoms with Crippen LogP contribution in [0.1, 0.15) is 25.3 Å². The molecule has 2 aromatic carbocycles. The molecule has 122 valence electrons. The quantitative estimate of drug-likeness (QED) is 0.876. The molecule has 4 heteroatoms. The molecule has 4 nitrogen and oxygen atoms in total. The molecule has 1 aliphatic heterocycles. The van der Waals surface area contributed by atoms with Gasteiger partial charge in [-0.05, 0) is 42.4 Å². The highest BCUT2D eigenvalue weighted by molar-refractivity contribution is 6.07. The molecule has 1 saturated carbocycles. The predicted octanol–water partition coefficient (Wildman–Crippen LogP) is 3.57. The van der Waals surface area contributed by atoms with Crippen LogP contribution in [0.25, 0.3) is 11.1 Å². The number of nitrogens with one attached hydrogen (secondary N) is 1. The first-order valence-electron chi connectivity index (χ1n) is 8.36. The Morgan fingerprint density at radius 2 is 1.62 bits per heavy atom. The highest BCUT2D eigenvalue weighted by Crippen LogP contribution is 2.42. The van der Waals surface area contributed by atoms with Gasteiger partial charge in [0.1, 0.15) is 5.54 Å². The van der Waals surface area contributed by atoms with Gasteiger partial charge in [0.2, 0.25) is 0 Å². The van der Waals surface area contributed by atoms with Gasteiger partial charge in [-0.1, -0.05) is 54.6 Å². The van der Waals surface area contributed by atoms with E-state index in [2.05, 4.69) is 17.4 Å². The maximum Gasteiger partial charge on any atom is 0.325 e. The van der Waals surface area contributed by atoms with Gasteiger partial charge in [-0.3, -0.25) is 9.69 Å². The number of benzene rings is 2. The molecule has 24 heavy (non-hydrogen) atoms. The van der Waals surface area contributed by atoms with Crippen LogP contribution >= 0.6 is 0 Å². The van der Waals surface area contributed by atoms with Crippen LogP contribution in [-0.4, -0.2) is 22.4 Å². The standard InChI is InChI=1S/C20H20N2O2/c1-20(17-11-12-17)18(23)22(19(24)21-20)13-14-7-9-16(10-8-14)15-5-3-2-4-6-15/h2-10,17H,11-13H2,1H3,(H,21,24)/t20-/m1/s1. The summed E-state index contributed by atoms with van der Waals surface area (Å²) in [4.78, 5) is 26.2. The van der Waals surface area contributed by atoms with Gasteiger partial charge in [-0.25, -0.2) is 4.79 Å². The zero-order valence-electron chi connectivity index (χ0n) is 13.7. The average molecular weight is 320 g/mol. The number of urea groups is 1. The Morgan fingerprint density at radius 1 is 1.00 bits per heavy atom. The smallest absolute Gasteiger partial charge is 0.323 e. The third-order valence-corrected chi connectivity index (χ3v) is 5.10. The van der Waals surface area contributed by atoms with Crippen molar-refractivity contribution in [2.45, 2.75) is 31.8 Å². The number of carbonyl (C=O) groups excluding carboxylic acids is 2. The number of amides is 3. The first-order chi connectivity index (χ1) is 11.6. The molecule has 1 N–H and O–H groups in total. The Balaban J connectivity index is 1.51. The lowest BCUT2D eigenvalue weighted by Crippen LogP contribution is -2.46. The summed E-state index contributed by atoms with van der Waals surface area (Å²) in [7, 11) is 0. The van der Waals surface area contributed by atoms with E-state index in [9.17, 15) is 9.59 Å². The van der Waals surface area contributed by atoms with E-state index in [4.69, 9.17) is 0 Å². The van der Waals surface area contributed by atoms with E-state index in [1.54, 1.807) is 0 Å². The first kappa shape index (κ1) is 14.9. The van der Waals surface area contributed by atoms with Gasteiger partial charge < -0.3 is 5.32 Å². The fourth-order valence-corrected chi connectivity index (χ4v) is 3.41. The normalized spacial score (nSPS) is 23.5. The van der Waals surface area contributed by atoms with Crippen molar-refractivity contribution in [2.75, 3.05) is 0 Å². The van der Waals surface area contributed by atoms with Gasteiger partial charge in [0.25, 0.3) is 5.91 Å². The van der Waals surface area contributed by atoms with Crippen molar-refractivity contribution in [2.24, 2.45) is 5.92 Å². The molecule has 0 spiro atoms. The van der Waals surface area contributed by atoms with Crippen LogP contribution in [0, 0.1) is 5.92 Å². The van der Waals surface area contributed by atoms with E-state index in [-0.39, 0.29) is 11.9 Å². The van der Waals surface area contributed by atoms with Crippen molar-refractivity contribution in [3.05, 3.63) is 60.2 Å². The number of rotatable bonds is 4. The lowest BCUT2D eigenvalue weighted by molar-refractivity contribution is -0.131. The Labute approximate surface area is 141 Å². The Morgan fingerprint density at radius 3 is 2.25 bits per heavy atom. The second-order valence-electron chi connectivity index (χ2n) is 6.86. The van der Waals surface area contributed by atoms with Crippen molar-refractivity contribution in [3.8, 4) is 11.1 Å². The van der Waals surface area contributed by atoms with Gasteiger partial charge in [0, 0.05) is 0 Å². The number of hydrogen-bond acceptors (Lipinski definition) is 2. The van der Waals surface area contributed by atoms with Gasteiger partial charge in [0.05, 0.1) is 6.54 Å². The Hall–Kier alpha value is -2.62. The number of imide groups is 1. The SMILES string of the molecule is C[C@]1(C2CC2)NC(=O)N(Cc2ccc(-c3ccccc3)cc2)C1=O. The van der Waals surface area contributed by atoms with Gasteiger partial charge in [-0.2, -0.15) is 0 Å². The lowest BCUT2D eigenvalue weighted by atomic mass is 9.96. The largest absolute Gasteiger partial charge is 0.325 e. The number of carbonyl (C=O) groups is 2. The van der Waals surface area contributed by atoms with Crippen LogP contribution in [0.5, 0.6) is 0 Å². The molecule has 2 aromatic rings. The molecule has 1 atom stereocenters. The second-order valence-corrected chi connectivity index (χ2v) is 6.86. The summed E-state index contributed by atoms with van der Waals surface area (Å²) in [5.74, 6) is 0.196. The van der Waals surface area contributed by atoms with Crippen LogP contribution in [0.4, 0.5) is 4.79 Å². The van der Waals surface area contributed by atoms with Gasteiger partial charge >= 0.3 is 6.03 Å². The van der Waals surface area contributed by atoms with Crippen molar-refractivity contribution in [1.82, 2.24) is 10.2 Å². The lowest BCUT2D eigenvalue weighted by Gasteiger charge is -2.21. The third kappa shape index (κ3) is 2.48. The fourth-order valence-electron chi connectivity index (χ4n) is 3.41. The van der Waals surface area contributed by atoms with E-state index < -0.39 is 5.54 Å². The van der Waals surface area contributed by atoms with Crippen LogP contribution in [0.15, 0.2) is 54.6 Å². The fraction of sp³-hybridized carbons (Fsp3) is 0.300. The molecule has 0 bridgehead atoms. The van der Waals surface area contributed by atoms with E-state index in [1.165, 1.54) is 4.90 Å². The first-order valence-corrected chi connectivity index (χ1v) is 8.36. The zero-order chi connectivity index (χ0) is 16.7. The topological polar surface area (TPSA) is 49.4 Å². The minimum Gasteiger partial charge on any atom is -0.323 e. The Kier molecular flexibility index (Phi) is 3.41. The molecule has 2 fully saturated rings. The van der Waals surface area contributed by atoms with Crippen molar-refractivity contribution in [3.63, 3.8) is 0 Å². The molecule has 2 aliphatic rings. The minimum atomic E-state index is -0.707. The summed E-state index contributed by atoms with van der Waals surface area (Å²) in [6.07, 6.45) is 2.03. The van der Waals surface area contributed by atoms with Crippen molar-refractivity contribution < 1.29 is 9.59 Å². The van der Waals surface area contributed by atoms with Gasteiger partial charge in [-0.15, -0.1) is 0 Å². The zero-order valence-corrected chi connectivity index (χ0v) is 13.7. The predicted molar refractivity (Wildman–Crippen MR) is 92.1 cm³/mol. The molecule has 4 rings (SSSR count). The van der Waals surface area contributed by atoms with Crippen LogP contribution in [0.3, 0.4) is 0 Å². The summed E-state index contributed by atoms with van der Waals surface area (Å²) in [6, 6.07) is 17.9. The molecular formula is C20H20N2O2. The van der Waals surface area contributed by atoms with E-state index in [0.29, 0.717) is 12.5 Å². The Bertz CT molecular complexity index is 781. The van der Waals surface area contributed by atoms with Crippen LogP contribution < -0.4 is 5.32 Å². The van der Waals surface area contributed by atoms with Gasteiger partial charge in [0.15, 0.2) is 0 Å². The van der Waals surface area contributed by atoms with Crippen LogP contribution in [0.2, 0.25) is 0 Å². The minimum absolute atomic E-state index is 0.0952. The second kappa shape index (κ2) is 5.48. The number of hydrogen-bond donors (Lipinski definition) is 1. The highest BCUT2D eigenvalue weighted by Gasteiger charge is 2.55. The molecule has 0 aromatic heterocycles. The van der Waals surface area contributed by atoms with Crippen molar-refractivity contribution in [1.29, 1.82) is 0 Å². The highest BCUT2D eigenvalue weighted by atomic mass is 16.2. The summed E-state index contributed by atoms with van der Waals surface area (Å²) in [5.41, 5.74) is 2.53. The molecule has 3 amide bonds. The molecule has 0 unspecified atom stereocenters. The monoisotopic (exact) mass is 320 g/mol. The van der Waals surface area contributed by atoms with E-state index in [0.717, 1.165) is 29.5 Å². The summed E-state index contributed by atoms with van der Waals surface area (Å²) < 4.78 is 0. The van der Waals surface area contributed by atoms with E-state index >= 15 is 0 Å². The molecule has 0 radical (unpaired) electrons. The molecular weight excluding hydrogens is 300 g/mol. The average Bonchev–Trinajstić information content (AvgIpc) is 3.43. The molecule has 1 saturated heterocycles. The van der Waals surface area contributed by atoms with E-state index in [1.807, 2.05) is 49.4 Å². The number of nitrogens with zero attached hydrogens (tertiary/aromatic N) is 1.